The first-order valence-corrected chi connectivity index (χ1v) is 6.71. The first kappa shape index (κ1) is 14.4. The maximum Gasteiger partial charge on any atom is 0.258 e. The number of amides is 1. The number of nitrogens with one attached hydrogen (secondary N) is 1. The molecule has 0 saturated heterocycles. The quantitative estimate of drug-likeness (QED) is 0.916. The Labute approximate surface area is 119 Å². The van der Waals surface area contributed by atoms with E-state index in [-0.39, 0.29) is 29.4 Å². The molecule has 0 aliphatic heterocycles. The van der Waals surface area contributed by atoms with Gasteiger partial charge in [-0.2, -0.15) is 5.26 Å². The van der Waals surface area contributed by atoms with Crippen molar-refractivity contribution in [2.75, 3.05) is 6.61 Å². The van der Waals surface area contributed by atoms with Gasteiger partial charge in [-0.3, -0.25) is 4.79 Å². The van der Waals surface area contributed by atoms with Crippen LogP contribution in [0.4, 0.5) is 0 Å². The van der Waals surface area contributed by atoms with E-state index >= 15 is 0 Å². The zero-order valence-corrected chi connectivity index (χ0v) is 12.4. The summed E-state index contributed by atoms with van der Waals surface area (Å²) in [5.74, 6) is 0.478. The molecular formula is C16H20N2O2. The molecule has 20 heavy (non-hydrogen) atoms. The molecular weight excluding hydrogens is 252 g/mol. The van der Waals surface area contributed by atoms with Gasteiger partial charge < -0.3 is 10.1 Å². The molecule has 1 aliphatic rings. The van der Waals surface area contributed by atoms with Gasteiger partial charge in [0.05, 0.1) is 11.6 Å². The molecule has 0 spiro atoms. The lowest BCUT2D eigenvalue weighted by Gasteiger charge is -2.08. The van der Waals surface area contributed by atoms with Gasteiger partial charge in [0.1, 0.15) is 5.75 Å². The van der Waals surface area contributed by atoms with Crippen molar-refractivity contribution in [1.29, 1.82) is 5.26 Å². The largest absolute Gasteiger partial charge is 0.484 e. The molecule has 0 atom stereocenters. The van der Waals surface area contributed by atoms with Crippen LogP contribution in [-0.4, -0.2) is 18.6 Å². The van der Waals surface area contributed by atoms with Crippen LogP contribution >= 0.6 is 0 Å². The highest BCUT2D eigenvalue weighted by Crippen LogP contribution is 2.62. The minimum absolute atomic E-state index is 0.00540. The maximum absolute atomic E-state index is 11.9. The fraction of sp³-hybridized carbons (Fsp3) is 0.500. The van der Waals surface area contributed by atoms with E-state index in [1.807, 2.05) is 6.07 Å². The molecule has 1 N–H and O–H groups in total. The van der Waals surface area contributed by atoms with Crippen molar-refractivity contribution in [3.8, 4) is 11.8 Å². The van der Waals surface area contributed by atoms with E-state index in [1.54, 1.807) is 24.3 Å². The number of hydrogen-bond acceptors (Lipinski definition) is 3. The fourth-order valence-electron chi connectivity index (χ4n) is 2.53. The van der Waals surface area contributed by atoms with Crippen LogP contribution < -0.4 is 10.1 Å². The van der Waals surface area contributed by atoms with Crippen LogP contribution in [0.25, 0.3) is 0 Å². The number of hydrogen-bond donors (Lipinski definition) is 1. The number of nitriles is 1. The molecule has 1 aromatic rings. The van der Waals surface area contributed by atoms with Crippen molar-refractivity contribution in [3.05, 3.63) is 29.8 Å². The minimum Gasteiger partial charge on any atom is -0.484 e. The highest BCUT2D eigenvalue weighted by Gasteiger charge is 2.65. The monoisotopic (exact) mass is 272 g/mol. The van der Waals surface area contributed by atoms with Crippen LogP contribution in [0.3, 0.4) is 0 Å². The SMILES string of the molecule is CC1(C)C(NC(=O)COc2ccc(C#N)cc2)C1(C)C. The molecule has 1 fully saturated rings. The minimum atomic E-state index is -0.113. The van der Waals surface area contributed by atoms with Gasteiger partial charge in [-0.25, -0.2) is 0 Å². The van der Waals surface area contributed by atoms with E-state index in [1.165, 1.54) is 0 Å². The predicted octanol–water partition coefficient (Wildman–Crippen LogP) is 2.49. The molecule has 0 radical (unpaired) electrons. The number of nitrogens with zero attached hydrogens (tertiary/aromatic N) is 1. The highest BCUT2D eigenvalue weighted by atomic mass is 16.5. The second-order valence-electron chi connectivity index (χ2n) is 6.37. The summed E-state index contributed by atoms with van der Waals surface area (Å²) >= 11 is 0. The molecule has 106 valence electrons. The van der Waals surface area contributed by atoms with Crippen molar-refractivity contribution >= 4 is 5.91 Å². The topological polar surface area (TPSA) is 62.1 Å². The third-order valence-electron chi connectivity index (χ3n) is 4.68. The molecule has 0 aromatic heterocycles. The second kappa shape index (κ2) is 4.82. The summed E-state index contributed by atoms with van der Waals surface area (Å²) in [6, 6.07) is 8.94. The van der Waals surface area contributed by atoms with Crippen molar-refractivity contribution in [3.63, 3.8) is 0 Å². The summed E-state index contributed by atoms with van der Waals surface area (Å²) in [5.41, 5.74) is 0.817. The Morgan fingerprint density at radius 3 is 2.25 bits per heavy atom. The van der Waals surface area contributed by atoms with Crippen LogP contribution in [0.1, 0.15) is 33.3 Å². The third-order valence-corrected chi connectivity index (χ3v) is 4.68. The summed E-state index contributed by atoms with van der Waals surface area (Å²) in [4.78, 5) is 11.9. The Bertz CT molecular complexity index is 539. The molecule has 1 aliphatic carbocycles. The number of benzene rings is 1. The highest BCUT2D eigenvalue weighted by molar-refractivity contribution is 5.78. The molecule has 1 saturated carbocycles. The van der Waals surface area contributed by atoms with Crippen molar-refractivity contribution in [2.45, 2.75) is 33.7 Å². The lowest BCUT2D eigenvalue weighted by atomic mass is 10.0. The van der Waals surface area contributed by atoms with E-state index in [0.717, 1.165) is 0 Å². The zero-order valence-electron chi connectivity index (χ0n) is 12.4. The summed E-state index contributed by atoms with van der Waals surface area (Å²) < 4.78 is 5.41. The van der Waals surface area contributed by atoms with Gasteiger partial charge in [-0.05, 0) is 35.1 Å². The lowest BCUT2D eigenvalue weighted by molar-refractivity contribution is -0.123. The molecule has 2 rings (SSSR count). The van der Waals surface area contributed by atoms with E-state index in [0.29, 0.717) is 11.3 Å². The Morgan fingerprint density at radius 2 is 1.80 bits per heavy atom. The molecule has 1 amide bonds. The molecule has 4 nitrogen and oxygen atoms in total. The Kier molecular flexibility index (Phi) is 3.47. The molecule has 1 aromatic carbocycles. The first-order chi connectivity index (χ1) is 9.29. The number of carbonyl (C=O) groups excluding carboxylic acids is 1. The molecule has 0 unspecified atom stereocenters. The number of ether oxygens (including phenoxy) is 1. The van der Waals surface area contributed by atoms with Gasteiger partial charge in [0, 0.05) is 6.04 Å². The van der Waals surface area contributed by atoms with Crippen LogP contribution in [-0.2, 0) is 4.79 Å². The fourth-order valence-corrected chi connectivity index (χ4v) is 2.53. The van der Waals surface area contributed by atoms with Gasteiger partial charge in [0.15, 0.2) is 6.61 Å². The van der Waals surface area contributed by atoms with Crippen LogP contribution in [0, 0.1) is 22.2 Å². The van der Waals surface area contributed by atoms with E-state index in [2.05, 4.69) is 33.0 Å². The number of rotatable bonds is 4. The molecule has 0 heterocycles. The Balaban J connectivity index is 1.83. The second-order valence-corrected chi connectivity index (χ2v) is 6.37. The Hall–Kier alpha value is -2.02. The van der Waals surface area contributed by atoms with Gasteiger partial charge in [-0.1, -0.05) is 27.7 Å². The van der Waals surface area contributed by atoms with E-state index < -0.39 is 0 Å². The van der Waals surface area contributed by atoms with Crippen LogP contribution in [0.15, 0.2) is 24.3 Å². The standard InChI is InChI=1S/C16H20N2O2/c1-15(2)14(16(15,3)4)18-13(19)10-20-12-7-5-11(9-17)6-8-12/h5-8,14H,10H2,1-4H3,(H,18,19). The van der Waals surface area contributed by atoms with Gasteiger partial charge in [-0.15, -0.1) is 0 Å². The summed E-state index contributed by atoms with van der Waals surface area (Å²) in [5, 5.41) is 11.7. The summed E-state index contributed by atoms with van der Waals surface area (Å²) in [6.45, 7) is 8.60. The van der Waals surface area contributed by atoms with Crippen LogP contribution in [0.5, 0.6) is 5.75 Å². The van der Waals surface area contributed by atoms with E-state index in [9.17, 15) is 4.79 Å². The lowest BCUT2D eigenvalue weighted by Crippen LogP contribution is -2.33. The molecule has 0 bridgehead atoms. The van der Waals surface area contributed by atoms with Crippen molar-refractivity contribution in [2.24, 2.45) is 10.8 Å². The summed E-state index contributed by atoms with van der Waals surface area (Å²) in [6.07, 6.45) is 0. The zero-order chi connectivity index (χ0) is 15.0. The van der Waals surface area contributed by atoms with E-state index in [4.69, 9.17) is 10.00 Å². The van der Waals surface area contributed by atoms with Crippen molar-refractivity contribution < 1.29 is 9.53 Å². The number of carbonyl (C=O) groups is 1. The molecule has 4 heteroatoms. The van der Waals surface area contributed by atoms with Crippen molar-refractivity contribution in [1.82, 2.24) is 5.32 Å². The predicted molar refractivity (Wildman–Crippen MR) is 76.1 cm³/mol. The normalized spacial score (nSPS) is 18.9. The van der Waals surface area contributed by atoms with Gasteiger partial charge in [0.2, 0.25) is 0 Å². The maximum atomic E-state index is 11.9. The first-order valence-electron chi connectivity index (χ1n) is 6.71. The van der Waals surface area contributed by atoms with Gasteiger partial charge in [0.25, 0.3) is 5.91 Å². The Morgan fingerprint density at radius 1 is 1.25 bits per heavy atom. The smallest absolute Gasteiger partial charge is 0.258 e. The van der Waals surface area contributed by atoms with Gasteiger partial charge >= 0.3 is 0 Å². The summed E-state index contributed by atoms with van der Waals surface area (Å²) in [7, 11) is 0. The third kappa shape index (κ3) is 2.49. The van der Waals surface area contributed by atoms with Crippen LogP contribution in [0.2, 0.25) is 0 Å². The average molecular weight is 272 g/mol. The average Bonchev–Trinajstić information content (AvgIpc) is 2.79.